The summed E-state index contributed by atoms with van der Waals surface area (Å²) in [6.07, 6.45) is 1.71. The number of nitrogens with one attached hydrogen (secondary N) is 1. The van der Waals surface area contributed by atoms with Gasteiger partial charge in [-0.1, -0.05) is 18.2 Å². The number of carbonyl (C=O) groups is 1. The van der Waals surface area contributed by atoms with E-state index in [1.165, 1.54) is 0 Å². The van der Waals surface area contributed by atoms with Gasteiger partial charge in [-0.05, 0) is 23.8 Å². The number of hydrogen-bond donors (Lipinski definition) is 2. The molecule has 0 aliphatic rings. The molecule has 106 valence electrons. The second-order valence-corrected chi connectivity index (χ2v) is 4.59. The van der Waals surface area contributed by atoms with Gasteiger partial charge >= 0.3 is 0 Å². The molecule has 0 atom stereocenters. The molecule has 1 aromatic carbocycles. The smallest absolute Gasteiger partial charge is 0.271 e. The minimum absolute atomic E-state index is 0.228. The Morgan fingerprint density at radius 2 is 2.14 bits per heavy atom. The summed E-state index contributed by atoms with van der Waals surface area (Å²) in [7, 11) is 1.57. The summed E-state index contributed by atoms with van der Waals surface area (Å²) >= 11 is 0. The highest BCUT2D eigenvalue weighted by Gasteiger charge is 2.10. The lowest BCUT2D eigenvalue weighted by atomic mass is 10.1. The Kier molecular flexibility index (Phi) is 3.37. The van der Waals surface area contributed by atoms with E-state index < -0.39 is 0 Å². The molecule has 0 aliphatic heterocycles. The molecule has 3 N–H and O–H groups in total. The van der Waals surface area contributed by atoms with Crippen LogP contribution >= 0.6 is 0 Å². The maximum atomic E-state index is 11.6. The predicted octanol–water partition coefficient (Wildman–Crippen LogP) is 1.24. The van der Waals surface area contributed by atoms with Crippen LogP contribution in [0.2, 0.25) is 0 Å². The largest absolute Gasteiger partial charge is 0.354 e. The number of para-hydroxylation sites is 1. The molecular weight excluding hydrogens is 266 g/mol. The summed E-state index contributed by atoms with van der Waals surface area (Å²) in [5.41, 5.74) is 8.01. The highest BCUT2D eigenvalue weighted by atomic mass is 16.1. The molecular formula is C15H15N5O. The van der Waals surface area contributed by atoms with Crippen molar-refractivity contribution in [2.24, 2.45) is 5.73 Å². The quantitative estimate of drug-likeness (QED) is 0.756. The number of aromatic nitrogens is 3. The molecule has 0 bridgehead atoms. The molecule has 21 heavy (non-hydrogen) atoms. The third kappa shape index (κ3) is 2.36. The van der Waals surface area contributed by atoms with Crippen LogP contribution < -0.4 is 11.1 Å². The first-order valence-electron chi connectivity index (χ1n) is 6.60. The van der Waals surface area contributed by atoms with Crippen molar-refractivity contribution in [2.45, 2.75) is 6.54 Å². The standard InChI is InChI=1S/C15H15N5O/c1-17-15(21)13-6-7-20(19-13)14-8-10(9-16)11-4-2-3-5-12(11)18-14/h2-8H,9,16H2,1H3,(H,17,21). The van der Waals surface area contributed by atoms with E-state index in [4.69, 9.17) is 5.73 Å². The van der Waals surface area contributed by atoms with Gasteiger partial charge in [0.2, 0.25) is 0 Å². The number of pyridine rings is 1. The summed E-state index contributed by atoms with van der Waals surface area (Å²) in [6, 6.07) is 11.4. The fourth-order valence-electron chi connectivity index (χ4n) is 2.22. The molecule has 3 rings (SSSR count). The zero-order chi connectivity index (χ0) is 14.8. The van der Waals surface area contributed by atoms with Crippen LogP contribution in [-0.2, 0) is 6.54 Å². The van der Waals surface area contributed by atoms with Crippen LogP contribution in [0.15, 0.2) is 42.6 Å². The second kappa shape index (κ2) is 5.34. The van der Waals surface area contributed by atoms with Gasteiger partial charge in [0.05, 0.1) is 5.52 Å². The van der Waals surface area contributed by atoms with E-state index in [9.17, 15) is 4.79 Å². The first kappa shape index (κ1) is 13.3. The van der Waals surface area contributed by atoms with Crippen LogP contribution in [0, 0.1) is 0 Å². The average Bonchev–Trinajstić information content (AvgIpc) is 3.03. The Hall–Kier alpha value is -2.73. The van der Waals surface area contributed by atoms with Gasteiger partial charge in [-0.25, -0.2) is 9.67 Å². The second-order valence-electron chi connectivity index (χ2n) is 4.59. The van der Waals surface area contributed by atoms with Crippen molar-refractivity contribution in [3.05, 3.63) is 53.9 Å². The number of amides is 1. The first-order chi connectivity index (χ1) is 10.2. The predicted molar refractivity (Wildman–Crippen MR) is 80.1 cm³/mol. The van der Waals surface area contributed by atoms with Crippen LogP contribution in [0.3, 0.4) is 0 Å². The molecule has 0 spiro atoms. The maximum Gasteiger partial charge on any atom is 0.271 e. The Balaban J connectivity index is 2.12. The van der Waals surface area contributed by atoms with Crippen molar-refractivity contribution in [1.82, 2.24) is 20.1 Å². The van der Waals surface area contributed by atoms with E-state index in [0.717, 1.165) is 16.5 Å². The summed E-state index contributed by atoms with van der Waals surface area (Å²) in [5, 5.41) is 7.81. The van der Waals surface area contributed by atoms with E-state index in [2.05, 4.69) is 15.4 Å². The fraction of sp³-hybridized carbons (Fsp3) is 0.133. The molecule has 2 aromatic heterocycles. The summed E-state index contributed by atoms with van der Waals surface area (Å²) in [5.74, 6) is 0.415. The van der Waals surface area contributed by atoms with Gasteiger partial charge < -0.3 is 11.1 Å². The van der Waals surface area contributed by atoms with Crippen LogP contribution in [-0.4, -0.2) is 27.7 Å². The summed E-state index contributed by atoms with van der Waals surface area (Å²) in [6.45, 7) is 0.416. The average molecular weight is 281 g/mol. The lowest BCUT2D eigenvalue weighted by Crippen LogP contribution is -2.18. The first-order valence-corrected chi connectivity index (χ1v) is 6.60. The molecule has 0 aliphatic carbocycles. The minimum Gasteiger partial charge on any atom is -0.354 e. The number of nitrogens with two attached hydrogens (primary N) is 1. The normalized spacial score (nSPS) is 10.8. The van der Waals surface area contributed by atoms with Gasteiger partial charge in [0.1, 0.15) is 0 Å². The van der Waals surface area contributed by atoms with Gasteiger partial charge in [-0.15, -0.1) is 0 Å². The van der Waals surface area contributed by atoms with Crippen LogP contribution in [0.25, 0.3) is 16.7 Å². The molecule has 0 unspecified atom stereocenters. The van der Waals surface area contributed by atoms with E-state index >= 15 is 0 Å². The molecule has 0 fully saturated rings. The van der Waals surface area contributed by atoms with Gasteiger partial charge in [0.15, 0.2) is 11.5 Å². The van der Waals surface area contributed by atoms with Crippen molar-refractivity contribution < 1.29 is 4.79 Å². The molecule has 6 heteroatoms. The Morgan fingerprint density at radius 3 is 2.90 bits per heavy atom. The minimum atomic E-state index is -0.228. The molecule has 0 radical (unpaired) electrons. The molecule has 3 aromatic rings. The van der Waals surface area contributed by atoms with Gasteiger partial charge in [-0.2, -0.15) is 5.10 Å². The van der Waals surface area contributed by atoms with E-state index in [1.54, 1.807) is 24.0 Å². The van der Waals surface area contributed by atoms with Crippen molar-refractivity contribution in [1.29, 1.82) is 0 Å². The van der Waals surface area contributed by atoms with Crippen molar-refractivity contribution in [2.75, 3.05) is 7.05 Å². The van der Waals surface area contributed by atoms with Gasteiger partial charge in [0.25, 0.3) is 5.91 Å². The topological polar surface area (TPSA) is 85.8 Å². The van der Waals surface area contributed by atoms with Crippen LogP contribution in [0.5, 0.6) is 0 Å². The fourth-order valence-corrected chi connectivity index (χ4v) is 2.22. The zero-order valence-electron chi connectivity index (χ0n) is 11.6. The van der Waals surface area contributed by atoms with Crippen molar-refractivity contribution >= 4 is 16.8 Å². The van der Waals surface area contributed by atoms with E-state index in [0.29, 0.717) is 18.1 Å². The number of fused-ring (bicyclic) bond motifs is 1. The number of hydrogen-bond acceptors (Lipinski definition) is 4. The Morgan fingerprint density at radius 1 is 1.33 bits per heavy atom. The van der Waals surface area contributed by atoms with E-state index in [1.807, 2.05) is 30.3 Å². The SMILES string of the molecule is CNC(=O)c1ccn(-c2cc(CN)c3ccccc3n2)n1. The lowest BCUT2D eigenvalue weighted by Gasteiger charge is -2.08. The summed E-state index contributed by atoms with van der Waals surface area (Å²) in [4.78, 5) is 16.1. The third-order valence-electron chi connectivity index (χ3n) is 3.29. The highest BCUT2D eigenvalue weighted by Crippen LogP contribution is 2.19. The molecule has 0 saturated heterocycles. The molecule has 6 nitrogen and oxygen atoms in total. The summed E-state index contributed by atoms with van der Waals surface area (Å²) < 4.78 is 1.58. The number of nitrogens with zero attached hydrogens (tertiary/aromatic N) is 3. The van der Waals surface area contributed by atoms with Gasteiger partial charge in [-0.3, -0.25) is 4.79 Å². The van der Waals surface area contributed by atoms with Crippen molar-refractivity contribution in [3.63, 3.8) is 0 Å². The van der Waals surface area contributed by atoms with E-state index in [-0.39, 0.29) is 5.91 Å². The monoisotopic (exact) mass is 281 g/mol. The van der Waals surface area contributed by atoms with Crippen LogP contribution in [0.4, 0.5) is 0 Å². The third-order valence-corrected chi connectivity index (χ3v) is 3.29. The number of rotatable bonds is 3. The lowest BCUT2D eigenvalue weighted by molar-refractivity contribution is 0.0957. The molecule has 0 saturated carbocycles. The van der Waals surface area contributed by atoms with Crippen LogP contribution in [0.1, 0.15) is 16.1 Å². The number of carbonyl (C=O) groups excluding carboxylic acids is 1. The number of benzene rings is 1. The maximum absolute atomic E-state index is 11.6. The molecule has 2 heterocycles. The van der Waals surface area contributed by atoms with Crippen molar-refractivity contribution in [3.8, 4) is 5.82 Å². The molecule has 1 amide bonds. The Labute approximate surface area is 121 Å². The zero-order valence-corrected chi connectivity index (χ0v) is 11.6. The highest BCUT2D eigenvalue weighted by molar-refractivity contribution is 5.92. The Bertz CT molecular complexity index is 809. The van der Waals surface area contributed by atoms with Gasteiger partial charge in [0, 0.05) is 25.2 Å².